The maximum atomic E-state index is 8.87. The molecule has 0 aromatic heterocycles. The third-order valence-electron chi connectivity index (χ3n) is 1.27. The minimum atomic E-state index is 0.0601. The van der Waals surface area contributed by atoms with Gasteiger partial charge >= 0.3 is 0 Å². The van der Waals surface area contributed by atoms with Crippen LogP contribution in [0.3, 0.4) is 0 Å². The van der Waals surface area contributed by atoms with Crippen LogP contribution in [0.15, 0.2) is 9.81 Å². The fourth-order valence-corrected chi connectivity index (χ4v) is 4.39. The van der Waals surface area contributed by atoms with Gasteiger partial charge in [-0.05, 0) is 6.26 Å². The number of thioether (sulfide) groups is 3. The predicted molar refractivity (Wildman–Crippen MR) is 53.7 cm³/mol. The van der Waals surface area contributed by atoms with Crippen LogP contribution in [-0.4, -0.2) is 33.6 Å². The van der Waals surface area contributed by atoms with Crippen LogP contribution in [0.25, 0.3) is 0 Å². The van der Waals surface area contributed by atoms with Gasteiger partial charge in [0.05, 0.1) is 13.2 Å². The molecule has 1 heterocycles. The molecule has 0 unspecified atom stereocenters. The third kappa shape index (κ3) is 2.32. The van der Waals surface area contributed by atoms with Gasteiger partial charge in [0, 0.05) is 9.81 Å². The second kappa shape index (κ2) is 4.67. The molecule has 0 aliphatic carbocycles. The summed E-state index contributed by atoms with van der Waals surface area (Å²) >= 11 is 5.01. The molecule has 1 rings (SSSR count). The Bertz CT molecular complexity index is 153. The molecule has 0 radical (unpaired) electrons. The van der Waals surface area contributed by atoms with Crippen LogP contribution in [0.1, 0.15) is 0 Å². The highest BCUT2D eigenvalue weighted by Crippen LogP contribution is 2.49. The fraction of sp³-hybridized carbons (Fsp3) is 0.667. The highest BCUT2D eigenvalue weighted by molar-refractivity contribution is 8.36. The Morgan fingerprint density at radius 1 is 1.27 bits per heavy atom. The van der Waals surface area contributed by atoms with E-state index < -0.39 is 0 Å². The number of rotatable bonds is 3. The van der Waals surface area contributed by atoms with E-state index in [9.17, 15) is 0 Å². The third-order valence-corrected chi connectivity index (χ3v) is 5.80. The molecule has 0 atom stereocenters. The van der Waals surface area contributed by atoms with Gasteiger partial charge in [-0.25, -0.2) is 0 Å². The van der Waals surface area contributed by atoms with Crippen LogP contribution in [0.5, 0.6) is 0 Å². The van der Waals surface area contributed by atoms with Crippen LogP contribution in [0.2, 0.25) is 0 Å². The summed E-state index contributed by atoms with van der Waals surface area (Å²) in [5, 5.41) is 17.7. The molecule has 11 heavy (non-hydrogen) atoms. The van der Waals surface area contributed by atoms with Crippen molar-refractivity contribution in [2.24, 2.45) is 0 Å². The standard InChI is InChI=1S/C6H10O2S3/c1-9-6-10-4(2-7)5(3-8)11-6/h6-8H,2-3H2,1H3. The zero-order chi connectivity index (χ0) is 8.27. The number of aliphatic hydroxyl groups excluding tert-OH is 2. The molecule has 2 N–H and O–H groups in total. The van der Waals surface area contributed by atoms with Crippen molar-refractivity contribution >= 4 is 35.3 Å². The van der Waals surface area contributed by atoms with Gasteiger partial charge in [0.15, 0.2) is 0 Å². The van der Waals surface area contributed by atoms with E-state index in [2.05, 4.69) is 0 Å². The summed E-state index contributed by atoms with van der Waals surface area (Å²) in [6.45, 7) is 0.120. The predicted octanol–water partition coefficient (Wildman–Crippen LogP) is 1.31. The summed E-state index contributed by atoms with van der Waals surface area (Å²) in [7, 11) is 0. The zero-order valence-electron chi connectivity index (χ0n) is 6.11. The molecule has 0 saturated carbocycles. The first-order valence-corrected chi connectivity index (χ1v) is 6.16. The molecule has 1 aliphatic rings. The lowest BCUT2D eigenvalue weighted by Gasteiger charge is -2.02. The van der Waals surface area contributed by atoms with Crippen molar-refractivity contribution in [1.29, 1.82) is 0 Å². The maximum Gasteiger partial charge on any atom is 0.104 e. The van der Waals surface area contributed by atoms with E-state index in [1.807, 2.05) is 6.26 Å². The van der Waals surface area contributed by atoms with Gasteiger partial charge in [0.1, 0.15) is 3.91 Å². The number of hydrogen-bond donors (Lipinski definition) is 2. The van der Waals surface area contributed by atoms with Crippen molar-refractivity contribution in [2.75, 3.05) is 19.5 Å². The Morgan fingerprint density at radius 3 is 2.00 bits per heavy atom. The van der Waals surface area contributed by atoms with Gasteiger partial charge in [-0.2, -0.15) is 0 Å². The van der Waals surface area contributed by atoms with Gasteiger partial charge in [0.25, 0.3) is 0 Å². The molecule has 0 spiro atoms. The summed E-state index contributed by atoms with van der Waals surface area (Å²) in [5.41, 5.74) is 0. The largest absolute Gasteiger partial charge is 0.391 e. The Kier molecular flexibility index (Phi) is 4.16. The van der Waals surface area contributed by atoms with E-state index in [0.717, 1.165) is 9.81 Å². The first-order chi connectivity index (χ1) is 5.31. The topological polar surface area (TPSA) is 40.5 Å². The van der Waals surface area contributed by atoms with Crippen molar-refractivity contribution in [3.8, 4) is 0 Å². The molecular weight excluding hydrogens is 200 g/mol. The van der Waals surface area contributed by atoms with Crippen LogP contribution in [0.4, 0.5) is 0 Å². The van der Waals surface area contributed by atoms with E-state index >= 15 is 0 Å². The van der Waals surface area contributed by atoms with Gasteiger partial charge in [-0.1, -0.05) is 0 Å². The summed E-state index contributed by atoms with van der Waals surface area (Å²) in [5.74, 6) is 0. The maximum absolute atomic E-state index is 8.87. The van der Waals surface area contributed by atoms with Crippen molar-refractivity contribution < 1.29 is 10.2 Å². The Balaban J connectivity index is 2.56. The van der Waals surface area contributed by atoms with E-state index in [4.69, 9.17) is 10.2 Å². The monoisotopic (exact) mass is 210 g/mol. The Labute approximate surface area is 78.8 Å². The van der Waals surface area contributed by atoms with Gasteiger partial charge in [-0.3, -0.25) is 0 Å². The average molecular weight is 210 g/mol. The van der Waals surface area contributed by atoms with Gasteiger partial charge in [0.2, 0.25) is 0 Å². The normalized spacial score (nSPS) is 19.9. The van der Waals surface area contributed by atoms with Crippen molar-refractivity contribution in [2.45, 2.75) is 3.91 Å². The molecule has 0 aromatic rings. The molecule has 64 valence electrons. The Hall–Kier alpha value is 0.710. The molecule has 5 heteroatoms. The van der Waals surface area contributed by atoms with Crippen molar-refractivity contribution in [1.82, 2.24) is 0 Å². The summed E-state index contributed by atoms with van der Waals surface area (Å²) < 4.78 is 0.416. The molecule has 1 aliphatic heterocycles. The molecular formula is C6H10O2S3. The highest BCUT2D eigenvalue weighted by Gasteiger charge is 2.23. The zero-order valence-corrected chi connectivity index (χ0v) is 8.56. The second-order valence-corrected chi connectivity index (χ2v) is 6.16. The molecule has 0 amide bonds. The summed E-state index contributed by atoms with van der Waals surface area (Å²) in [6, 6.07) is 0. The van der Waals surface area contributed by atoms with Crippen LogP contribution < -0.4 is 0 Å². The second-order valence-electron chi connectivity index (χ2n) is 1.92. The average Bonchev–Trinajstić information content (AvgIpc) is 2.46. The van der Waals surface area contributed by atoms with E-state index in [1.54, 1.807) is 35.3 Å². The van der Waals surface area contributed by atoms with Crippen molar-refractivity contribution in [3.05, 3.63) is 9.81 Å². The van der Waals surface area contributed by atoms with Crippen molar-refractivity contribution in [3.63, 3.8) is 0 Å². The molecule has 0 aromatic carbocycles. The van der Waals surface area contributed by atoms with E-state index in [0.29, 0.717) is 3.91 Å². The van der Waals surface area contributed by atoms with Gasteiger partial charge in [-0.15, -0.1) is 35.3 Å². The first kappa shape index (κ1) is 9.80. The summed E-state index contributed by atoms with van der Waals surface area (Å²) in [6.07, 6.45) is 2.03. The minimum Gasteiger partial charge on any atom is -0.391 e. The van der Waals surface area contributed by atoms with Gasteiger partial charge < -0.3 is 10.2 Å². The lowest BCUT2D eigenvalue weighted by molar-refractivity contribution is 0.324. The lowest BCUT2D eigenvalue weighted by atomic mass is 10.5. The minimum absolute atomic E-state index is 0.0601. The van der Waals surface area contributed by atoms with Crippen LogP contribution >= 0.6 is 35.3 Å². The fourth-order valence-electron chi connectivity index (χ4n) is 0.735. The SMILES string of the molecule is CSC1SC(CO)=C(CO)S1. The first-order valence-electron chi connectivity index (χ1n) is 3.11. The lowest BCUT2D eigenvalue weighted by Crippen LogP contribution is -1.89. The highest BCUT2D eigenvalue weighted by atomic mass is 32.3. The molecule has 0 fully saturated rings. The number of hydrogen-bond acceptors (Lipinski definition) is 5. The quantitative estimate of drug-likeness (QED) is 0.735. The molecule has 2 nitrogen and oxygen atoms in total. The van der Waals surface area contributed by atoms with Crippen LogP contribution in [-0.2, 0) is 0 Å². The summed E-state index contributed by atoms with van der Waals surface area (Å²) in [4.78, 5) is 1.86. The van der Waals surface area contributed by atoms with E-state index in [-0.39, 0.29) is 13.2 Å². The molecule has 0 saturated heterocycles. The number of aliphatic hydroxyl groups is 2. The smallest absolute Gasteiger partial charge is 0.104 e. The van der Waals surface area contributed by atoms with E-state index in [1.165, 1.54) is 0 Å². The molecule has 0 bridgehead atoms. The Morgan fingerprint density at radius 2 is 1.73 bits per heavy atom. The van der Waals surface area contributed by atoms with Crippen LogP contribution in [0, 0.1) is 0 Å².